The highest BCUT2D eigenvalue weighted by atomic mass is 16.2. The highest BCUT2D eigenvalue weighted by Gasteiger charge is 2.13. The van der Waals surface area contributed by atoms with Crippen LogP contribution < -0.4 is 10.9 Å². The molecule has 0 bridgehead atoms. The van der Waals surface area contributed by atoms with Crippen molar-refractivity contribution in [3.8, 4) is 0 Å². The Morgan fingerprint density at radius 2 is 1.91 bits per heavy atom. The van der Waals surface area contributed by atoms with Gasteiger partial charge in [-0.25, -0.2) is 5.10 Å². The van der Waals surface area contributed by atoms with Gasteiger partial charge in [0.05, 0.1) is 5.39 Å². The molecule has 0 fully saturated rings. The molecule has 1 heterocycles. The van der Waals surface area contributed by atoms with E-state index >= 15 is 0 Å². The van der Waals surface area contributed by atoms with Crippen LogP contribution in [0, 0.1) is 6.92 Å². The quantitative estimate of drug-likeness (QED) is 0.777. The van der Waals surface area contributed by atoms with Gasteiger partial charge in [-0.05, 0) is 18.6 Å². The second kappa shape index (κ2) is 5.81. The number of H-pyrrole nitrogens is 1. The van der Waals surface area contributed by atoms with Gasteiger partial charge in [-0.3, -0.25) is 9.59 Å². The lowest BCUT2D eigenvalue weighted by Crippen LogP contribution is -2.26. The van der Waals surface area contributed by atoms with Crippen molar-refractivity contribution in [1.82, 2.24) is 15.5 Å². The maximum absolute atomic E-state index is 12.3. The lowest BCUT2D eigenvalue weighted by molar-refractivity contribution is 0.0946. The van der Waals surface area contributed by atoms with E-state index in [1.54, 1.807) is 24.3 Å². The van der Waals surface area contributed by atoms with Gasteiger partial charge in [-0.1, -0.05) is 48.0 Å². The standard InChI is InChI=1S/C17H15N3O2/c1-11-5-4-6-12(9-11)10-18-17(22)15-13-7-2-3-8-14(13)16(21)20-19-15/h2-9H,10H2,1H3,(H,18,22)(H,20,21). The van der Waals surface area contributed by atoms with Crippen LogP contribution in [-0.2, 0) is 6.54 Å². The molecule has 3 rings (SSSR count). The summed E-state index contributed by atoms with van der Waals surface area (Å²) in [5.41, 5.74) is 2.08. The van der Waals surface area contributed by atoms with Crippen LogP contribution in [0.2, 0.25) is 0 Å². The van der Waals surface area contributed by atoms with Crippen molar-refractivity contribution in [3.63, 3.8) is 0 Å². The molecule has 0 saturated heterocycles. The molecule has 0 saturated carbocycles. The Balaban J connectivity index is 1.87. The van der Waals surface area contributed by atoms with Crippen LogP contribution in [0.5, 0.6) is 0 Å². The molecule has 1 amide bonds. The normalized spacial score (nSPS) is 10.6. The minimum atomic E-state index is -0.311. The molecule has 5 heteroatoms. The van der Waals surface area contributed by atoms with Gasteiger partial charge in [-0.2, -0.15) is 5.10 Å². The van der Waals surface area contributed by atoms with E-state index < -0.39 is 0 Å². The summed E-state index contributed by atoms with van der Waals surface area (Å²) in [4.78, 5) is 24.1. The second-order valence-electron chi connectivity index (χ2n) is 5.12. The van der Waals surface area contributed by atoms with Gasteiger partial charge < -0.3 is 5.32 Å². The van der Waals surface area contributed by atoms with Crippen molar-refractivity contribution in [1.29, 1.82) is 0 Å². The summed E-state index contributed by atoms with van der Waals surface area (Å²) in [6.45, 7) is 2.41. The van der Waals surface area contributed by atoms with Gasteiger partial charge in [0.25, 0.3) is 11.5 Å². The third-order valence-corrected chi connectivity index (χ3v) is 3.45. The molecule has 1 aromatic heterocycles. The van der Waals surface area contributed by atoms with E-state index in [0.717, 1.165) is 11.1 Å². The van der Waals surface area contributed by atoms with Crippen LogP contribution in [0.1, 0.15) is 21.6 Å². The topological polar surface area (TPSA) is 74.8 Å². The number of nitrogens with zero attached hydrogens (tertiary/aromatic N) is 1. The molecule has 0 aliphatic rings. The van der Waals surface area contributed by atoms with E-state index in [9.17, 15) is 9.59 Å². The molecule has 2 N–H and O–H groups in total. The predicted molar refractivity (Wildman–Crippen MR) is 84.7 cm³/mol. The highest BCUT2D eigenvalue weighted by molar-refractivity contribution is 6.04. The van der Waals surface area contributed by atoms with E-state index in [4.69, 9.17) is 0 Å². The molecule has 3 aromatic rings. The molecule has 110 valence electrons. The van der Waals surface area contributed by atoms with Gasteiger partial charge in [0.2, 0.25) is 0 Å². The molecular weight excluding hydrogens is 278 g/mol. The highest BCUT2D eigenvalue weighted by Crippen LogP contribution is 2.12. The summed E-state index contributed by atoms with van der Waals surface area (Å²) in [5.74, 6) is -0.311. The molecule has 0 spiro atoms. The van der Waals surface area contributed by atoms with Crippen LogP contribution in [0.15, 0.2) is 53.3 Å². The van der Waals surface area contributed by atoms with Crippen molar-refractivity contribution in [2.45, 2.75) is 13.5 Å². The Bertz CT molecular complexity index is 900. The summed E-state index contributed by atoms with van der Waals surface area (Å²) in [7, 11) is 0. The molecule has 2 aromatic carbocycles. The number of rotatable bonds is 3. The van der Waals surface area contributed by atoms with E-state index in [1.807, 2.05) is 31.2 Å². The van der Waals surface area contributed by atoms with Crippen molar-refractivity contribution in [2.75, 3.05) is 0 Å². The average molecular weight is 293 g/mol. The number of aromatic amines is 1. The molecular formula is C17H15N3O2. The van der Waals surface area contributed by atoms with Crippen LogP contribution in [-0.4, -0.2) is 16.1 Å². The first-order chi connectivity index (χ1) is 10.6. The largest absolute Gasteiger partial charge is 0.347 e. The number of amides is 1. The molecule has 0 aliphatic heterocycles. The molecule has 22 heavy (non-hydrogen) atoms. The van der Waals surface area contributed by atoms with Crippen molar-refractivity contribution in [2.24, 2.45) is 0 Å². The number of nitrogens with one attached hydrogen (secondary N) is 2. The van der Waals surface area contributed by atoms with Gasteiger partial charge in [0.1, 0.15) is 0 Å². The first kappa shape index (κ1) is 14.0. The van der Waals surface area contributed by atoms with Gasteiger partial charge >= 0.3 is 0 Å². The molecule has 0 unspecified atom stereocenters. The summed E-state index contributed by atoms with van der Waals surface area (Å²) in [5, 5.41) is 10.1. The Morgan fingerprint density at radius 1 is 1.14 bits per heavy atom. The number of hydrogen-bond acceptors (Lipinski definition) is 3. The number of aryl methyl sites for hydroxylation is 1. The average Bonchev–Trinajstić information content (AvgIpc) is 2.53. The van der Waals surface area contributed by atoms with E-state index in [2.05, 4.69) is 15.5 Å². The maximum atomic E-state index is 12.3. The zero-order chi connectivity index (χ0) is 15.5. The monoisotopic (exact) mass is 293 g/mol. The van der Waals surface area contributed by atoms with Gasteiger partial charge in [-0.15, -0.1) is 0 Å². The third-order valence-electron chi connectivity index (χ3n) is 3.45. The van der Waals surface area contributed by atoms with Crippen molar-refractivity contribution < 1.29 is 4.79 Å². The maximum Gasteiger partial charge on any atom is 0.272 e. The molecule has 0 aliphatic carbocycles. The Kier molecular flexibility index (Phi) is 3.70. The zero-order valence-corrected chi connectivity index (χ0v) is 12.1. The summed E-state index contributed by atoms with van der Waals surface area (Å²) in [6, 6.07) is 14.8. The first-order valence-corrected chi connectivity index (χ1v) is 6.96. The van der Waals surface area contributed by atoms with Crippen molar-refractivity contribution >= 4 is 16.7 Å². The van der Waals surface area contributed by atoms with Crippen molar-refractivity contribution in [3.05, 3.63) is 75.7 Å². The smallest absolute Gasteiger partial charge is 0.272 e. The fraction of sp³-hybridized carbons (Fsp3) is 0.118. The number of benzene rings is 2. The van der Waals surface area contributed by atoms with E-state index in [-0.39, 0.29) is 17.2 Å². The minimum absolute atomic E-state index is 0.225. The lowest BCUT2D eigenvalue weighted by atomic mass is 10.1. The van der Waals surface area contributed by atoms with Crippen LogP contribution >= 0.6 is 0 Å². The van der Waals surface area contributed by atoms with E-state index in [1.165, 1.54) is 0 Å². The number of carbonyl (C=O) groups excluding carboxylic acids is 1. The number of hydrogen-bond donors (Lipinski definition) is 2. The fourth-order valence-electron chi connectivity index (χ4n) is 2.38. The van der Waals surface area contributed by atoms with Gasteiger partial charge in [0, 0.05) is 11.9 Å². The summed E-state index contributed by atoms with van der Waals surface area (Å²) < 4.78 is 0. The number of aromatic nitrogens is 2. The third kappa shape index (κ3) is 2.74. The molecule has 0 atom stereocenters. The Labute approximate surface area is 127 Å². The zero-order valence-electron chi connectivity index (χ0n) is 12.1. The van der Waals surface area contributed by atoms with Crippen LogP contribution in [0.3, 0.4) is 0 Å². The fourth-order valence-corrected chi connectivity index (χ4v) is 2.38. The summed E-state index contributed by atoms with van der Waals surface area (Å²) >= 11 is 0. The number of carbonyl (C=O) groups is 1. The van der Waals surface area contributed by atoms with E-state index in [0.29, 0.717) is 17.3 Å². The Hall–Kier alpha value is -2.95. The SMILES string of the molecule is Cc1cccc(CNC(=O)c2n[nH]c(=O)c3ccccc23)c1. The van der Waals surface area contributed by atoms with Crippen LogP contribution in [0.4, 0.5) is 0 Å². The van der Waals surface area contributed by atoms with Gasteiger partial charge in [0.15, 0.2) is 5.69 Å². The summed E-state index contributed by atoms with van der Waals surface area (Å²) in [6.07, 6.45) is 0. The molecule has 0 radical (unpaired) electrons. The minimum Gasteiger partial charge on any atom is -0.347 e. The van der Waals surface area contributed by atoms with Crippen LogP contribution in [0.25, 0.3) is 10.8 Å². The molecule has 5 nitrogen and oxygen atoms in total. The second-order valence-corrected chi connectivity index (χ2v) is 5.12. The lowest BCUT2D eigenvalue weighted by Gasteiger charge is -2.07. The predicted octanol–water partition coefficient (Wildman–Crippen LogP) is 2.16. The number of fused-ring (bicyclic) bond motifs is 1. The first-order valence-electron chi connectivity index (χ1n) is 6.96. The Morgan fingerprint density at radius 3 is 2.68 bits per heavy atom.